The SMILES string of the molecule is c1ccc(Oc2ccc3c(c2)oc2c4c5c(cc23)N(c2ccccc2)c2cc3c(cc2B5c2ccccc2N4c2ccccc2)B2c4ccccc4N(c4ccccc4)c4c2c(cc2c4oc4cc(Oc5ccccc5)ccc42)N3c2ccccc2)cc1. The average molecular weight is 1130 g/mol. The molecule has 0 saturated carbocycles. The second kappa shape index (κ2) is 18.9. The van der Waals surface area contributed by atoms with E-state index in [1.54, 1.807) is 0 Å². The van der Waals surface area contributed by atoms with Crippen molar-refractivity contribution >= 4 is 158 Å². The van der Waals surface area contributed by atoms with Crippen molar-refractivity contribution in [3.63, 3.8) is 0 Å². The molecule has 0 N–H and O–H groups in total. The Morgan fingerprint density at radius 2 is 0.602 bits per heavy atom. The Kier molecular flexibility index (Phi) is 10.5. The van der Waals surface area contributed by atoms with Crippen molar-refractivity contribution in [3.05, 3.63) is 291 Å². The Bertz CT molecular complexity index is 4990. The van der Waals surface area contributed by atoms with E-state index in [1.807, 2.05) is 72.8 Å². The van der Waals surface area contributed by atoms with Crippen LogP contribution in [0.3, 0.4) is 0 Å². The first-order chi connectivity index (χ1) is 43.7. The minimum atomic E-state index is -0.230. The highest BCUT2D eigenvalue weighted by molar-refractivity contribution is 7.03. The van der Waals surface area contributed by atoms with E-state index in [0.29, 0.717) is 11.5 Å². The number of hydrogen-bond acceptors (Lipinski definition) is 8. The third-order valence-electron chi connectivity index (χ3n) is 18.2. The van der Waals surface area contributed by atoms with Crippen LogP contribution in [-0.4, -0.2) is 13.4 Å². The van der Waals surface area contributed by atoms with Gasteiger partial charge in [-0.3, -0.25) is 0 Å². The van der Waals surface area contributed by atoms with Crippen LogP contribution in [-0.2, 0) is 0 Å². The summed E-state index contributed by atoms with van der Waals surface area (Å²) in [6, 6.07) is 104. The fourth-order valence-electron chi connectivity index (χ4n) is 14.7. The van der Waals surface area contributed by atoms with E-state index in [1.165, 1.54) is 32.8 Å². The largest absolute Gasteiger partial charge is 0.457 e. The lowest BCUT2D eigenvalue weighted by Crippen LogP contribution is -2.65. The normalized spacial score (nSPS) is 13.3. The van der Waals surface area contributed by atoms with Crippen molar-refractivity contribution in [1.82, 2.24) is 0 Å². The minimum absolute atomic E-state index is 0.230. The van der Waals surface area contributed by atoms with Crippen LogP contribution in [0.4, 0.5) is 68.2 Å². The summed E-state index contributed by atoms with van der Waals surface area (Å²) >= 11 is 0. The summed E-state index contributed by atoms with van der Waals surface area (Å²) in [6.45, 7) is -0.460. The molecular weight excluding hydrogens is 1080 g/mol. The first-order valence-electron chi connectivity index (χ1n) is 30.0. The van der Waals surface area contributed by atoms with E-state index < -0.39 is 0 Å². The number of rotatable bonds is 8. The van der Waals surface area contributed by atoms with Crippen LogP contribution in [0.15, 0.2) is 300 Å². The molecule has 0 bridgehead atoms. The number of para-hydroxylation sites is 8. The fraction of sp³-hybridized carbons (Fsp3) is 0. The van der Waals surface area contributed by atoms with Gasteiger partial charge in [-0.15, -0.1) is 0 Å². The van der Waals surface area contributed by atoms with Gasteiger partial charge in [-0.2, -0.15) is 0 Å². The van der Waals surface area contributed by atoms with E-state index >= 15 is 0 Å². The molecule has 10 heteroatoms. The van der Waals surface area contributed by atoms with Crippen LogP contribution >= 0.6 is 0 Å². The molecular formula is C78H48B2N4O4. The number of furan rings is 2. The van der Waals surface area contributed by atoms with Crippen molar-refractivity contribution in [2.24, 2.45) is 0 Å². The number of anilines is 12. The van der Waals surface area contributed by atoms with Crippen LogP contribution in [0.2, 0.25) is 0 Å². The van der Waals surface area contributed by atoms with Gasteiger partial charge in [-0.25, -0.2) is 0 Å². The molecule has 6 heterocycles. The lowest BCUT2D eigenvalue weighted by atomic mass is 9.30. The number of nitrogens with zero attached hydrogens (tertiary/aromatic N) is 4. The third kappa shape index (κ3) is 7.17. The molecule has 0 amide bonds. The lowest BCUT2D eigenvalue weighted by molar-refractivity contribution is 0.482. The van der Waals surface area contributed by atoms with Crippen LogP contribution in [0.1, 0.15) is 0 Å². The number of hydrogen-bond donors (Lipinski definition) is 0. The van der Waals surface area contributed by atoms with E-state index in [4.69, 9.17) is 18.3 Å². The zero-order chi connectivity index (χ0) is 57.6. The minimum Gasteiger partial charge on any atom is -0.457 e. The standard InChI is InChI=1S/C78H48B2N4O4/c1-7-23-49(24-8-1)81-67-48-68-64(47-63(67)79-61-35-19-21-37-65(61)83(51-27-11-3-12-28-51)75-73(79)69(81)45-59-57-41-39-55(43-71(57)87-77(59)75)85-53-31-15-5-16-32-53)80-62-36-20-22-38-66(62)84(52-29-13-4-14-30-52)76-74(80)70(82(68)50-25-9-2-10-26-50)46-60-58-42-40-56(44-72(58)88-78(60)76)86-54-33-17-6-18-34-54/h1-48H. The lowest BCUT2D eigenvalue weighted by Gasteiger charge is -2.47. The van der Waals surface area contributed by atoms with E-state index in [9.17, 15) is 0 Å². The monoisotopic (exact) mass is 1130 g/mol. The van der Waals surface area contributed by atoms with Crippen molar-refractivity contribution < 1.29 is 18.3 Å². The van der Waals surface area contributed by atoms with Gasteiger partial charge in [-0.05, 0) is 160 Å². The molecule has 410 valence electrons. The second-order valence-electron chi connectivity index (χ2n) is 23.1. The second-order valence-corrected chi connectivity index (χ2v) is 23.1. The van der Waals surface area contributed by atoms with Gasteiger partial charge in [0.15, 0.2) is 11.2 Å². The Labute approximate surface area is 507 Å². The van der Waals surface area contributed by atoms with Crippen LogP contribution in [0, 0.1) is 0 Å². The molecule has 0 radical (unpaired) electrons. The van der Waals surface area contributed by atoms with Gasteiger partial charge in [0.25, 0.3) is 13.4 Å². The molecule has 2 aromatic heterocycles. The molecule has 4 aliphatic heterocycles. The van der Waals surface area contributed by atoms with Crippen LogP contribution in [0.25, 0.3) is 43.9 Å². The first-order valence-corrected chi connectivity index (χ1v) is 30.0. The van der Waals surface area contributed by atoms with Crippen LogP contribution < -0.4 is 61.9 Å². The molecule has 0 aliphatic carbocycles. The summed E-state index contributed by atoms with van der Waals surface area (Å²) in [5.74, 6) is 2.93. The third-order valence-corrected chi connectivity index (χ3v) is 18.2. The van der Waals surface area contributed by atoms with Crippen molar-refractivity contribution in [2.75, 3.05) is 19.6 Å². The number of fused-ring (bicyclic) bond motifs is 16. The Morgan fingerprint density at radius 1 is 0.250 bits per heavy atom. The average Bonchev–Trinajstić information content (AvgIpc) is 0.941. The molecule has 15 aromatic rings. The van der Waals surface area contributed by atoms with Crippen LogP contribution in [0.5, 0.6) is 23.0 Å². The predicted molar refractivity (Wildman–Crippen MR) is 362 cm³/mol. The maximum atomic E-state index is 7.35. The van der Waals surface area contributed by atoms with Gasteiger partial charge in [0.1, 0.15) is 34.2 Å². The van der Waals surface area contributed by atoms with Crippen molar-refractivity contribution in [3.8, 4) is 23.0 Å². The topological polar surface area (TPSA) is 57.7 Å². The highest BCUT2D eigenvalue weighted by atomic mass is 16.5. The molecule has 19 rings (SSSR count). The predicted octanol–water partition coefficient (Wildman–Crippen LogP) is 17.2. The molecule has 0 atom stereocenters. The summed E-state index contributed by atoms with van der Waals surface area (Å²) in [5.41, 5.74) is 23.0. The Morgan fingerprint density at radius 3 is 1.00 bits per heavy atom. The molecule has 4 aliphatic rings. The smallest absolute Gasteiger partial charge is 0.252 e. The van der Waals surface area contributed by atoms with Gasteiger partial charge in [0.2, 0.25) is 0 Å². The number of ether oxygens (including phenoxy) is 2. The van der Waals surface area contributed by atoms with Gasteiger partial charge in [0, 0.05) is 90.6 Å². The molecule has 0 spiro atoms. The summed E-state index contributed by atoms with van der Waals surface area (Å²) < 4.78 is 27.7. The highest BCUT2D eigenvalue weighted by Crippen LogP contribution is 2.53. The number of benzene rings is 13. The summed E-state index contributed by atoms with van der Waals surface area (Å²) in [7, 11) is 0. The first kappa shape index (κ1) is 48.7. The Hall–Kier alpha value is -11.6. The molecule has 13 aromatic carbocycles. The van der Waals surface area contributed by atoms with Gasteiger partial charge < -0.3 is 37.9 Å². The van der Waals surface area contributed by atoms with E-state index in [2.05, 4.69) is 238 Å². The summed E-state index contributed by atoms with van der Waals surface area (Å²) in [6.07, 6.45) is 0. The van der Waals surface area contributed by atoms with Crippen molar-refractivity contribution in [2.45, 2.75) is 0 Å². The quantitative estimate of drug-likeness (QED) is 0.140. The Balaban J connectivity index is 0.920. The summed E-state index contributed by atoms with van der Waals surface area (Å²) in [4.78, 5) is 9.91. The molecule has 88 heavy (non-hydrogen) atoms. The summed E-state index contributed by atoms with van der Waals surface area (Å²) in [5, 5.41) is 4.04. The van der Waals surface area contributed by atoms with Crippen molar-refractivity contribution in [1.29, 1.82) is 0 Å². The van der Waals surface area contributed by atoms with Gasteiger partial charge in [0.05, 0.1) is 11.4 Å². The van der Waals surface area contributed by atoms with E-state index in [0.717, 1.165) is 124 Å². The van der Waals surface area contributed by atoms with E-state index in [-0.39, 0.29) is 13.4 Å². The molecule has 0 fully saturated rings. The fourth-order valence-corrected chi connectivity index (χ4v) is 14.7. The van der Waals surface area contributed by atoms with Gasteiger partial charge in [-0.1, -0.05) is 152 Å². The molecule has 0 unspecified atom stereocenters. The zero-order valence-electron chi connectivity index (χ0n) is 47.3. The maximum absolute atomic E-state index is 7.35. The highest BCUT2D eigenvalue weighted by Gasteiger charge is 2.50. The zero-order valence-corrected chi connectivity index (χ0v) is 47.3. The maximum Gasteiger partial charge on any atom is 0.252 e. The molecule has 0 saturated heterocycles. The van der Waals surface area contributed by atoms with Gasteiger partial charge >= 0.3 is 0 Å². The molecule has 8 nitrogen and oxygen atoms in total.